The number of benzene rings is 3. The monoisotopic (exact) mass is 516 g/mol. The molecule has 196 valence electrons. The van der Waals surface area contributed by atoms with Gasteiger partial charge in [-0.05, 0) is 54.4 Å². The van der Waals surface area contributed by atoms with Crippen molar-refractivity contribution in [3.05, 3.63) is 88.5 Å². The standard InChI is InChI=1S/C28H28N4O6/c1-4-16-37-23-14-12-20(13-15-23)30-27(33)24-25(18-8-10-19(11-9-18)29(2)3)31(38-26(24)28(30)34)21-6-5-7-22(17-21)32(35)36/h5-15,17,24-26H,4,16H2,1-3H3/t24-,25+,26+/m1/s1. The number of hydroxylamine groups is 1. The van der Waals surface area contributed by atoms with E-state index in [0.29, 0.717) is 23.7 Å². The molecule has 10 nitrogen and oxygen atoms in total. The van der Waals surface area contributed by atoms with Gasteiger partial charge in [-0.15, -0.1) is 0 Å². The zero-order valence-electron chi connectivity index (χ0n) is 21.3. The van der Waals surface area contributed by atoms with Gasteiger partial charge in [-0.1, -0.05) is 25.1 Å². The summed E-state index contributed by atoms with van der Waals surface area (Å²) in [6.07, 6.45) is -0.208. The van der Waals surface area contributed by atoms with Crippen LogP contribution in [-0.2, 0) is 14.4 Å². The van der Waals surface area contributed by atoms with E-state index in [1.807, 2.05) is 50.2 Å². The van der Waals surface area contributed by atoms with Crippen molar-refractivity contribution in [3.8, 4) is 5.75 Å². The maximum Gasteiger partial charge on any atom is 0.271 e. The van der Waals surface area contributed by atoms with Gasteiger partial charge in [-0.2, -0.15) is 0 Å². The first-order valence-corrected chi connectivity index (χ1v) is 12.4. The third-order valence-corrected chi connectivity index (χ3v) is 6.73. The predicted molar refractivity (Wildman–Crippen MR) is 142 cm³/mol. The Kier molecular flexibility index (Phi) is 6.73. The Balaban J connectivity index is 1.52. The summed E-state index contributed by atoms with van der Waals surface area (Å²) in [7, 11) is 3.85. The number of non-ortho nitro benzene ring substituents is 1. The number of anilines is 3. The van der Waals surface area contributed by atoms with Crippen LogP contribution in [0.5, 0.6) is 5.75 Å². The number of nitro groups is 1. The first kappa shape index (κ1) is 25.2. The maximum absolute atomic E-state index is 13.8. The van der Waals surface area contributed by atoms with E-state index in [4.69, 9.17) is 9.57 Å². The van der Waals surface area contributed by atoms with E-state index >= 15 is 0 Å². The summed E-state index contributed by atoms with van der Waals surface area (Å²) < 4.78 is 5.62. The largest absolute Gasteiger partial charge is 0.494 e. The van der Waals surface area contributed by atoms with Crippen LogP contribution in [0.3, 0.4) is 0 Å². The number of hydrogen-bond acceptors (Lipinski definition) is 8. The zero-order valence-corrected chi connectivity index (χ0v) is 21.3. The van der Waals surface area contributed by atoms with Crippen LogP contribution in [0.4, 0.5) is 22.7 Å². The summed E-state index contributed by atoms with van der Waals surface area (Å²) in [5.74, 6) is -1.06. The third-order valence-electron chi connectivity index (χ3n) is 6.73. The number of hydrogen-bond donors (Lipinski definition) is 0. The van der Waals surface area contributed by atoms with Gasteiger partial charge in [0, 0.05) is 31.9 Å². The van der Waals surface area contributed by atoms with Crippen molar-refractivity contribution < 1.29 is 24.1 Å². The molecule has 2 heterocycles. The first-order chi connectivity index (χ1) is 18.3. The summed E-state index contributed by atoms with van der Waals surface area (Å²) in [4.78, 5) is 47.5. The van der Waals surface area contributed by atoms with E-state index in [-0.39, 0.29) is 5.69 Å². The second kappa shape index (κ2) is 10.1. The van der Waals surface area contributed by atoms with Crippen molar-refractivity contribution in [1.82, 2.24) is 0 Å². The highest BCUT2D eigenvalue weighted by Gasteiger charge is 2.60. The molecule has 3 aromatic rings. The number of nitro benzene ring substituents is 1. The molecule has 2 fully saturated rings. The third kappa shape index (κ3) is 4.43. The molecule has 0 aromatic heterocycles. The fourth-order valence-electron chi connectivity index (χ4n) is 4.86. The second-order valence-electron chi connectivity index (χ2n) is 9.44. The minimum Gasteiger partial charge on any atom is -0.494 e. The fourth-order valence-corrected chi connectivity index (χ4v) is 4.86. The molecule has 0 radical (unpaired) electrons. The molecule has 2 aliphatic rings. The molecule has 0 aliphatic carbocycles. The molecule has 0 unspecified atom stereocenters. The van der Waals surface area contributed by atoms with Crippen molar-refractivity contribution in [2.75, 3.05) is 35.6 Å². The average Bonchev–Trinajstić information content (AvgIpc) is 3.43. The molecule has 0 spiro atoms. The maximum atomic E-state index is 13.8. The summed E-state index contributed by atoms with van der Waals surface area (Å²) >= 11 is 0. The van der Waals surface area contributed by atoms with Crippen LogP contribution >= 0.6 is 0 Å². The lowest BCUT2D eigenvalue weighted by atomic mass is 9.90. The van der Waals surface area contributed by atoms with E-state index in [0.717, 1.165) is 22.6 Å². The van der Waals surface area contributed by atoms with E-state index in [1.165, 1.54) is 17.2 Å². The molecule has 3 atom stereocenters. The number of carbonyl (C=O) groups excluding carboxylic acids is 2. The summed E-state index contributed by atoms with van der Waals surface area (Å²) in [6.45, 7) is 2.58. The SMILES string of the molecule is CCCOc1ccc(N2C(=O)[C@H]3[C@H](ON(c4cccc([N+](=O)[O-])c4)[C@H]3c3ccc(N(C)C)cc3)C2=O)cc1. The number of amides is 2. The molecule has 2 saturated heterocycles. The van der Waals surface area contributed by atoms with Crippen LogP contribution in [0.25, 0.3) is 0 Å². The van der Waals surface area contributed by atoms with E-state index in [2.05, 4.69) is 0 Å². The highest BCUT2D eigenvalue weighted by atomic mass is 16.7. The fraction of sp³-hybridized carbons (Fsp3) is 0.286. The van der Waals surface area contributed by atoms with E-state index in [9.17, 15) is 19.7 Å². The molecule has 0 N–H and O–H groups in total. The normalized spacial score (nSPS) is 20.6. The molecular formula is C28H28N4O6. The van der Waals surface area contributed by atoms with E-state index < -0.39 is 34.8 Å². The Morgan fingerprint density at radius 1 is 0.974 bits per heavy atom. The number of rotatable bonds is 8. The van der Waals surface area contributed by atoms with Gasteiger partial charge in [-0.25, -0.2) is 9.96 Å². The number of ether oxygens (including phenoxy) is 1. The number of nitrogens with zero attached hydrogens (tertiary/aromatic N) is 4. The topological polar surface area (TPSA) is 105 Å². The van der Waals surface area contributed by atoms with Gasteiger partial charge in [0.05, 0.1) is 28.9 Å². The van der Waals surface area contributed by atoms with Crippen molar-refractivity contribution in [2.24, 2.45) is 5.92 Å². The lowest BCUT2D eigenvalue weighted by Gasteiger charge is -2.29. The Morgan fingerprint density at radius 3 is 2.32 bits per heavy atom. The predicted octanol–water partition coefficient (Wildman–Crippen LogP) is 4.50. The van der Waals surface area contributed by atoms with Crippen LogP contribution in [0.15, 0.2) is 72.8 Å². The van der Waals surface area contributed by atoms with Gasteiger partial charge in [0.2, 0.25) is 5.91 Å². The second-order valence-corrected chi connectivity index (χ2v) is 9.44. The number of fused-ring (bicyclic) bond motifs is 1. The van der Waals surface area contributed by atoms with Crippen LogP contribution in [0.2, 0.25) is 0 Å². The van der Waals surface area contributed by atoms with Gasteiger partial charge in [0.1, 0.15) is 11.7 Å². The highest BCUT2D eigenvalue weighted by molar-refractivity contribution is 6.23. The molecule has 38 heavy (non-hydrogen) atoms. The van der Waals surface area contributed by atoms with Crippen molar-refractivity contribution in [3.63, 3.8) is 0 Å². The van der Waals surface area contributed by atoms with Gasteiger partial charge in [0.25, 0.3) is 11.6 Å². The molecule has 2 amide bonds. The Bertz CT molecular complexity index is 1360. The van der Waals surface area contributed by atoms with Gasteiger partial charge in [-0.3, -0.25) is 24.5 Å². The van der Waals surface area contributed by atoms with Gasteiger partial charge in [0.15, 0.2) is 6.10 Å². The lowest BCUT2D eigenvalue weighted by Crippen LogP contribution is -2.37. The van der Waals surface area contributed by atoms with Crippen LogP contribution < -0.4 is 19.6 Å². The quantitative estimate of drug-likeness (QED) is 0.245. The van der Waals surface area contributed by atoms with Gasteiger partial charge >= 0.3 is 0 Å². The minimum absolute atomic E-state index is 0.116. The number of imide groups is 1. The summed E-state index contributed by atoms with van der Waals surface area (Å²) in [6, 6.07) is 19.7. The van der Waals surface area contributed by atoms with Crippen LogP contribution in [0.1, 0.15) is 24.9 Å². The van der Waals surface area contributed by atoms with Crippen molar-refractivity contribution in [2.45, 2.75) is 25.5 Å². The average molecular weight is 517 g/mol. The Hall–Kier alpha value is -4.44. The summed E-state index contributed by atoms with van der Waals surface area (Å²) in [5, 5.41) is 12.9. The van der Waals surface area contributed by atoms with E-state index in [1.54, 1.807) is 36.4 Å². The first-order valence-electron chi connectivity index (χ1n) is 12.4. The van der Waals surface area contributed by atoms with Gasteiger partial charge < -0.3 is 9.64 Å². The number of carbonyl (C=O) groups is 2. The van der Waals surface area contributed by atoms with Crippen LogP contribution in [-0.4, -0.2) is 43.5 Å². The molecule has 0 bridgehead atoms. The van der Waals surface area contributed by atoms with Crippen LogP contribution in [0, 0.1) is 16.0 Å². The molecular weight excluding hydrogens is 488 g/mol. The minimum atomic E-state index is -1.07. The van der Waals surface area contributed by atoms with Crippen molar-refractivity contribution in [1.29, 1.82) is 0 Å². The zero-order chi connectivity index (χ0) is 27.0. The molecule has 2 aliphatic heterocycles. The lowest BCUT2D eigenvalue weighted by molar-refractivity contribution is -0.384. The Morgan fingerprint density at radius 2 is 1.68 bits per heavy atom. The Labute approximate surface area is 220 Å². The molecule has 3 aromatic carbocycles. The summed E-state index contributed by atoms with van der Waals surface area (Å²) in [5.41, 5.74) is 2.42. The highest BCUT2D eigenvalue weighted by Crippen LogP contribution is 2.48. The van der Waals surface area contributed by atoms with Crippen molar-refractivity contribution >= 4 is 34.6 Å². The molecule has 5 rings (SSSR count). The molecule has 0 saturated carbocycles. The molecule has 10 heteroatoms. The smallest absolute Gasteiger partial charge is 0.271 e.